The Morgan fingerprint density at radius 1 is 1.00 bits per heavy atom. The van der Waals surface area contributed by atoms with Gasteiger partial charge in [0.1, 0.15) is 0 Å². The number of halogens is 2. The van der Waals surface area contributed by atoms with E-state index in [1.165, 1.54) is 36.0 Å². The summed E-state index contributed by atoms with van der Waals surface area (Å²) < 4.78 is 2.17. The van der Waals surface area contributed by atoms with Crippen LogP contribution in [0.1, 0.15) is 36.1 Å². The van der Waals surface area contributed by atoms with Gasteiger partial charge in [-0.1, -0.05) is 24.3 Å². The standard InChI is InChI=1S/C17H17Br2N/c1-11(20-17-15(18)6-3-7-16(17)19)13-9-8-12-4-2-5-14(12)10-13/h3,6-11,20H,2,4-5H2,1H3. The topological polar surface area (TPSA) is 12.0 Å². The third-order valence-electron chi connectivity index (χ3n) is 3.95. The third-order valence-corrected chi connectivity index (χ3v) is 5.27. The lowest BCUT2D eigenvalue weighted by Crippen LogP contribution is -2.08. The van der Waals surface area contributed by atoms with Gasteiger partial charge in [-0.3, -0.25) is 0 Å². The average Bonchev–Trinajstić information content (AvgIpc) is 2.90. The molecule has 0 saturated heterocycles. The summed E-state index contributed by atoms with van der Waals surface area (Å²) in [5, 5.41) is 3.59. The van der Waals surface area contributed by atoms with Gasteiger partial charge in [0, 0.05) is 15.0 Å². The summed E-state index contributed by atoms with van der Waals surface area (Å²) in [7, 11) is 0. The lowest BCUT2D eigenvalue weighted by atomic mass is 10.0. The Balaban J connectivity index is 1.84. The molecule has 0 bridgehead atoms. The minimum absolute atomic E-state index is 0.288. The SMILES string of the molecule is CC(Nc1c(Br)cccc1Br)c1ccc2c(c1)CCC2. The zero-order valence-corrected chi connectivity index (χ0v) is 14.6. The van der Waals surface area contributed by atoms with Crippen LogP contribution in [0.2, 0.25) is 0 Å². The van der Waals surface area contributed by atoms with Crippen molar-refractivity contribution in [3.63, 3.8) is 0 Å². The molecule has 0 spiro atoms. The van der Waals surface area contributed by atoms with E-state index in [9.17, 15) is 0 Å². The second kappa shape index (κ2) is 5.90. The summed E-state index contributed by atoms with van der Waals surface area (Å²) in [5.41, 5.74) is 5.53. The van der Waals surface area contributed by atoms with Gasteiger partial charge in [-0.2, -0.15) is 0 Å². The maximum Gasteiger partial charge on any atom is 0.0633 e. The fourth-order valence-corrected chi connectivity index (χ4v) is 4.02. The highest BCUT2D eigenvalue weighted by Gasteiger charge is 2.14. The zero-order valence-electron chi connectivity index (χ0n) is 11.4. The highest BCUT2D eigenvalue weighted by molar-refractivity contribution is 9.11. The summed E-state index contributed by atoms with van der Waals surface area (Å²) in [4.78, 5) is 0. The van der Waals surface area contributed by atoms with Crippen LogP contribution in [0, 0.1) is 0 Å². The van der Waals surface area contributed by atoms with Crippen LogP contribution in [0.3, 0.4) is 0 Å². The van der Waals surface area contributed by atoms with Crippen LogP contribution in [-0.4, -0.2) is 0 Å². The summed E-state index contributed by atoms with van der Waals surface area (Å²) in [6, 6.07) is 13.4. The first-order valence-corrected chi connectivity index (χ1v) is 8.56. The zero-order chi connectivity index (χ0) is 14.1. The van der Waals surface area contributed by atoms with Gasteiger partial charge in [0.25, 0.3) is 0 Å². The smallest absolute Gasteiger partial charge is 0.0633 e. The number of hydrogen-bond acceptors (Lipinski definition) is 1. The van der Waals surface area contributed by atoms with Gasteiger partial charge >= 0.3 is 0 Å². The molecular weight excluding hydrogens is 378 g/mol. The van der Waals surface area contributed by atoms with E-state index in [2.05, 4.69) is 74.4 Å². The van der Waals surface area contributed by atoms with E-state index >= 15 is 0 Å². The molecule has 2 aromatic carbocycles. The van der Waals surface area contributed by atoms with Gasteiger partial charge in [-0.15, -0.1) is 0 Å². The van der Waals surface area contributed by atoms with Crippen molar-refractivity contribution in [1.29, 1.82) is 0 Å². The highest BCUT2D eigenvalue weighted by atomic mass is 79.9. The van der Waals surface area contributed by atoms with Crippen LogP contribution in [0.25, 0.3) is 0 Å². The molecule has 1 N–H and O–H groups in total. The first kappa shape index (κ1) is 14.2. The first-order chi connectivity index (χ1) is 9.65. The molecule has 3 rings (SSSR count). The molecule has 1 aliphatic carbocycles. The molecule has 0 radical (unpaired) electrons. The van der Waals surface area contributed by atoms with E-state index in [1.54, 1.807) is 0 Å². The van der Waals surface area contributed by atoms with Crippen molar-refractivity contribution >= 4 is 37.5 Å². The van der Waals surface area contributed by atoms with Crippen molar-refractivity contribution < 1.29 is 0 Å². The first-order valence-electron chi connectivity index (χ1n) is 6.97. The molecule has 1 nitrogen and oxygen atoms in total. The lowest BCUT2D eigenvalue weighted by molar-refractivity contribution is 0.877. The maximum atomic E-state index is 3.61. The molecule has 0 heterocycles. The summed E-state index contributed by atoms with van der Waals surface area (Å²) in [6.07, 6.45) is 3.78. The van der Waals surface area contributed by atoms with E-state index in [0.29, 0.717) is 0 Å². The Bertz CT molecular complexity index is 617. The van der Waals surface area contributed by atoms with Crippen molar-refractivity contribution in [3.8, 4) is 0 Å². The molecule has 0 aliphatic heterocycles. The third kappa shape index (κ3) is 2.79. The van der Waals surface area contributed by atoms with Gasteiger partial charge in [-0.05, 0) is 86.9 Å². The molecule has 0 aromatic heterocycles. The van der Waals surface area contributed by atoms with Gasteiger partial charge in [0.2, 0.25) is 0 Å². The van der Waals surface area contributed by atoms with E-state index in [0.717, 1.165) is 14.6 Å². The van der Waals surface area contributed by atoms with Crippen molar-refractivity contribution in [2.24, 2.45) is 0 Å². The van der Waals surface area contributed by atoms with E-state index in [-0.39, 0.29) is 6.04 Å². The minimum atomic E-state index is 0.288. The van der Waals surface area contributed by atoms with Crippen LogP contribution in [0.15, 0.2) is 45.3 Å². The molecule has 20 heavy (non-hydrogen) atoms. The largest absolute Gasteiger partial charge is 0.377 e. The van der Waals surface area contributed by atoms with Crippen molar-refractivity contribution in [2.45, 2.75) is 32.2 Å². The predicted octanol–water partition coefficient (Wildman–Crippen LogP) is 5.87. The van der Waals surface area contributed by atoms with Gasteiger partial charge in [0.05, 0.1) is 5.69 Å². The number of fused-ring (bicyclic) bond motifs is 1. The Labute approximate surface area is 137 Å². The number of rotatable bonds is 3. The van der Waals surface area contributed by atoms with Crippen molar-refractivity contribution in [3.05, 3.63) is 62.0 Å². The number of para-hydroxylation sites is 1. The van der Waals surface area contributed by atoms with Crippen LogP contribution in [-0.2, 0) is 12.8 Å². The van der Waals surface area contributed by atoms with E-state index < -0.39 is 0 Å². The van der Waals surface area contributed by atoms with Gasteiger partial charge in [0.15, 0.2) is 0 Å². The maximum absolute atomic E-state index is 3.61. The van der Waals surface area contributed by atoms with Crippen LogP contribution < -0.4 is 5.32 Å². The Kier molecular flexibility index (Phi) is 4.18. The number of hydrogen-bond donors (Lipinski definition) is 1. The predicted molar refractivity (Wildman–Crippen MR) is 92.3 cm³/mol. The average molecular weight is 395 g/mol. The number of benzene rings is 2. The molecule has 0 amide bonds. The number of nitrogens with one attached hydrogen (secondary N) is 1. The van der Waals surface area contributed by atoms with E-state index in [4.69, 9.17) is 0 Å². The van der Waals surface area contributed by atoms with Gasteiger partial charge in [-0.25, -0.2) is 0 Å². The molecule has 104 valence electrons. The lowest BCUT2D eigenvalue weighted by Gasteiger charge is -2.19. The normalized spacial score (nSPS) is 14.9. The van der Waals surface area contributed by atoms with Crippen LogP contribution in [0.4, 0.5) is 5.69 Å². The second-order valence-corrected chi connectivity index (χ2v) is 7.05. The van der Waals surface area contributed by atoms with Crippen molar-refractivity contribution in [1.82, 2.24) is 0 Å². The quantitative estimate of drug-likeness (QED) is 0.685. The molecule has 0 saturated carbocycles. The molecule has 0 fully saturated rings. The van der Waals surface area contributed by atoms with Crippen LogP contribution in [0.5, 0.6) is 0 Å². The Morgan fingerprint density at radius 3 is 2.45 bits per heavy atom. The second-order valence-electron chi connectivity index (χ2n) is 5.34. The summed E-state index contributed by atoms with van der Waals surface area (Å²) in [5.74, 6) is 0. The number of aryl methyl sites for hydroxylation is 2. The highest BCUT2D eigenvalue weighted by Crippen LogP contribution is 2.34. The summed E-state index contributed by atoms with van der Waals surface area (Å²) >= 11 is 7.21. The summed E-state index contributed by atoms with van der Waals surface area (Å²) in [6.45, 7) is 2.21. The van der Waals surface area contributed by atoms with Crippen LogP contribution >= 0.6 is 31.9 Å². The fourth-order valence-electron chi connectivity index (χ4n) is 2.80. The monoisotopic (exact) mass is 393 g/mol. The number of anilines is 1. The molecule has 1 unspecified atom stereocenters. The Hall–Kier alpha value is -0.800. The minimum Gasteiger partial charge on any atom is -0.377 e. The van der Waals surface area contributed by atoms with Gasteiger partial charge < -0.3 is 5.32 Å². The molecule has 3 heteroatoms. The Morgan fingerprint density at radius 2 is 1.70 bits per heavy atom. The fraction of sp³-hybridized carbons (Fsp3) is 0.294. The molecular formula is C17H17Br2N. The molecule has 1 atom stereocenters. The molecule has 2 aromatic rings. The molecule has 1 aliphatic rings. The van der Waals surface area contributed by atoms with Crippen molar-refractivity contribution in [2.75, 3.05) is 5.32 Å². The van der Waals surface area contributed by atoms with E-state index in [1.807, 2.05) is 6.07 Å².